The third-order valence-corrected chi connectivity index (χ3v) is 13.7. The van der Waals surface area contributed by atoms with Gasteiger partial charge in [-0.2, -0.15) is 0 Å². The number of benzene rings is 2. The molecule has 0 unspecified atom stereocenters. The quantitative estimate of drug-likeness (QED) is 0.307. The Hall–Kier alpha value is -1.96. The monoisotopic (exact) mass is 582 g/mol. The Balaban J connectivity index is 1.25. The molecule has 2 nitrogen and oxygen atoms in total. The molecule has 0 radical (unpaired) electrons. The van der Waals surface area contributed by atoms with Crippen molar-refractivity contribution >= 4 is 11.4 Å². The molecule has 0 heterocycles. The van der Waals surface area contributed by atoms with Gasteiger partial charge in [-0.15, -0.1) is 0 Å². The average molecular weight is 583 g/mol. The minimum atomic E-state index is 0.476. The summed E-state index contributed by atoms with van der Waals surface area (Å²) in [6.45, 7) is 17.3. The van der Waals surface area contributed by atoms with Crippen molar-refractivity contribution < 1.29 is 0 Å². The molecule has 4 aliphatic carbocycles. The second-order valence-electron chi connectivity index (χ2n) is 16.9. The maximum Gasteiger partial charge on any atom is 0.0342 e. The lowest BCUT2D eigenvalue weighted by atomic mass is 9.43. The summed E-state index contributed by atoms with van der Waals surface area (Å²) in [6, 6.07) is 19.5. The van der Waals surface area contributed by atoms with Crippen LogP contribution in [0.5, 0.6) is 0 Å². The van der Waals surface area contributed by atoms with Crippen LogP contribution in [0.15, 0.2) is 48.5 Å². The summed E-state index contributed by atoms with van der Waals surface area (Å²) in [5, 5.41) is 8.19. The molecule has 0 aromatic heterocycles. The van der Waals surface area contributed by atoms with E-state index in [0.717, 1.165) is 41.4 Å². The van der Waals surface area contributed by atoms with E-state index < -0.39 is 0 Å². The summed E-state index contributed by atoms with van der Waals surface area (Å²) in [7, 11) is 0. The van der Waals surface area contributed by atoms with Crippen LogP contribution < -0.4 is 10.6 Å². The normalized spacial score (nSPS) is 37.7. The highest BCUT2D eigenvalue weighted by atomic mass is 15.0. The molecule has 0 saturated heterocycles. The standard InChI is InChI=1S/C41H62N2/c1-27(2)9-8-10-30(5)35-19-20-36-39-37(22-24-41(35,36)7)40(6)23-21-34(42-32-15-11-28(3)12-16-32)25-31(40)26-38(39)43-33-17-13-29(4)14-18-33/h11-18,27,30-31,34-39,42-43H,8-10,19-26H2,1-7H3/t30-,31-,34+,35-,36+,37+,38-,39+,40+,41-/m1/s1. The molecule has 4 saturated carbocycles. The van der Waals surface area contributed by atoms with Crippen molar-refractivity contribution in [2.75, 3.05) is 10.6 Å². The largest absolute Gasteiger partial charge is 0.382 e. The fourth-order valence-corrected chi connectivity index (χ4v) is 11.3. The van der Waals surface area contributed by atoms with E-state index in [1.807, 2.05) is 0 Å². The second-order valence-corrected chi connectivity index (χ2v) is 16.9. The van der Waals surface area contributed by atoms with Crippen LogP contribution in [0.1, 0.15) is 116 Å². The van der Waals surface area contributed by atoms with Crippen LogP contribution in [0, 0.1) is 66.1 Å². The number of fused-ring (bicyclic) bond motifs is 5. The molecular weight excluding hydrogens is 520 g/mol. The number of rotatable bonds is 9. The molecule has 2 N–H and O–H groups in total. The van der Waals surface area contributed by atoms with E-state index >= 15 is 0 Å². The third-order valence-electron chi connectivity index (χ3n) is 13.7. The highest BCUT2D eigenvalue weighted by Gasteiger charge is 2.63. The zero-order chi connectivity index (χ0) is 30.4. The van der Waals surface area contributed by atoms with Gasteiger partial charge in [-0.1, -0.05) is 89.3 Å². The molecule has 236 valence electrons. The maximum absolute atomic E-state index is 4.23. The first kappa shape index (κ1) is 31.0. The summed E-state index contributed by atoms with van der Waals surface area (Å²) in [5.41, 5.74) is 6.33. The smallest absolute Gasteiger partial charge is 0.0342 e. The highest BCUT2D eigenvalue weighted by molar-refractivity contribution is 5.47. The Bertz CT molecular complexity index is 1200. The van der Waals surface area contributed by atoms with Gasteiger partial charge in [-0.25, -0.2) is 0 Å². The molecule has 10 atom stereocenters. The molecule has 2 heteroatoms. The molecule has 0 amide bonds. The van der Waals surface area contributed by atoms with E-state index in [2.05, 4.69) is 108 Å². The minimum Gasteiger partial charge on any atom is -0.382 e. The molecule has 6 rings (SSSR count). The van der Waals surface area contributed by atoms with Crippen molar-refractivity contribution in [1.82, 2.24) is 0 Å². The predicted molar refractivity (Wildman–Crippen MR) is 186 cm³/mol. The number of anilines is 2. The van der Waals surface area contributed by atoms with Gasteiger partial charge < -0.3 is 10.6 Å². The van der Waals surface area contributed by atoms with E-state index in [-0.39, 0.29) is 0 Å². The van der Waals surface area contributed by atoms with Gasteiger partial charge in [0.15, 0.2) is 0 Å². The van der Waals surface area contributed by atoms with Gasteiger partial charge in [0.2, 0.25) is 0 Å². The summed E-state index contributed by atoms with van der Waals surface area (Å²) in [6.07, 6.45) is 15.4. The Labute approximate surface area is 264 Å². The molecule has 2 aromatic rings. The third kappa shape index (κ3) is 6.15. The summed E-state index contributed by atoms with van der Waals surface area (Å²) in [4.78, 5) is 0. The van der Waals surface area contributed by atoms with Gasteiger partial charge in [0.05, 0.1) is 0 Å². The first-order valence-corrected chi connectivity index (χ1v) is 18.2. The molecule has 4 aliphatic rings. The highest BCUT2D eigenvalue weighted by Crippen LogP contribution is 2.68. The minimum absolute atomic E-state index is 0.476. The Morgan fingerprint density at radius 1 is 0.698 bits per heavy atom. The van der Waals surface area contributed by atoms with Crippen molar-refractivity contribution in [1.29, 1.82) is 0 Å². The zero-order valence-electron chi connectivity index (χ0n) is 28.6. The van der Waals surface area contributed by atoms with Crippen molar-refractivity contribution in [2.24, 2.45) is 52.3 Å². The lowest BCUT2D eigenvalue weighted by Gasteiger charge is -2.63. The maximum atomic E-state index is 4.23. The van der Waals surface area contributed by atoms with Crippen LogP contribution in [-0.2, 0) is 0 Å². The number of nitrogens with one attached hydrogen (secondary N) is 2. The van der Waals surface area contributed by atoms with Gasteiger partial charge in [-0.3, -0.25) is 0 Å². The lowest BCUT2D eigenvalue weighted by molar-refractivity contribution is -0.120. The Morgan fingerprint density at radius 2 is 1.30 bits per heavy atom. The van der Waals surface area contributed by atoms with Gasteiger partial charge in [0.25, 0.3) is 0 Å². The molecule has 0 bridgehead atoms. The van der Waals surface area contributed by atoms with Crippen LogP contribution >= 0.6 is 0 Å². The van der Waals surface area contributed by atoms with Gasteiger partial charge in [-0.05, 0) is 142 Å². The molecule has 4 fully saturated rings. The summed E-state index contributed by atoms with van der Waals surface area (Å²) >= 11 is 0. The molecule has 0 spiro atoms. The average Bonchev–Trinajstić information content (AvgIpc) is 3.33. The summed E-state index contributed by atoms with van der Waals surface area (Å²) in [5.74, 6) is 5.91. The van der Waals surface area contributed by atoms with Gasteiger partial charge in [0.1, 0.15) is 0 Å². The van der Waals surface area contributed by atoms with Crippen molar-refractivity contribution in [3.05, 3.63) is 59.7 Å². The molecule has 43 heavy (non-hydrogen) atoms. The van der Waals surface area contributed by atoms with Crippen LogP contribution in [-0.4, -0.2) is 12.1 Å². The first-order valence-electron chi connectivity index (χ1n) is 18.2. The Morgan fingerprint density at radius 3 is 1.95 bits per heavy atom. The van der Waals surface area contributed by atoms with Crippen LogP contribution in [0.2, 0.25) is 0 Å². The van der Waals surface area contributed by atoms with Crippen molar-refractivity contribution in [3.8, 4) is 0 Å². The van der Waals surface area contributed by atoms with Crippen LogP contribution in [0.25, 0.3) is 0 Å². The summed E-state index contributed by atoms with van der Waals surface area (Å²) < 4.78 is 0. The van der Waals surface area contributed by atoms with E-state index in [1.54, 1.807) is 0 Å². The van der Waals surface area contributed by atoms with E-state index in [4.69, 9.17) is 0 Å². The van der Waals surface area contributed by atoms with E-state index in [1.165, 1.54) is 93.1 Å². The topological polar surface area (TPSA) is 24.1 Å². The molecule has 2 aromatic carbocycles. The number of hydrogen-bond donors (Lipinski definition) is 2. The number of aryl methyl sites for hydroxylation is 2. The second kappa shape index (κ2) is 12.4. The Kier molecular flexibility index (Phi) is 8.98. The van der Waals surface area contributed by atoms with Gasteiger partial charge in [0, 0.05) is 23.5 Å². The van der Waals surface area contributed by atoms with Crippen LogP contribution in [0.4, 0.5) is 11.4 Å². The first-order chi connectivity index (χ1) is 20.6. The fourth-order valence-electron chi connectivity index (χ4n) is 11.3. The van der Waals surface area contributed by atoms with Gasteiger partial charge >= 0.3 is 0 Å². The zero-order valence-corrected chi connectivity index (χ0v) is 28.6. The number of hydrogen-bond acceptors (Lipinski definition) is 2. The molecule has 0 aliphatic heterocycles. The van der Waals surface area contributed by atoms with Crippen LogP contribution in [0.3, 0.4) is 0 Å². The van der Waals surface area contributed by atoms with E-state index in [0.29, 0.717) is 22.9 Å². The predicted octanol–water partition coefficient (Wildman–Crippen LogP) is 11.3. The van der Waals surface area contributed by atoms with Crippen molar-refractivity contribution in [2.45, 2.75) is 131 Å². The SMILES string of the molecule is Cc1ccc(N[C@H]2CC[C@@]3(C)[C@H](C2)C[C@@H](Nc2ccc(C)cc2)[C@@H]2[C@@H]3CC[C@]3(C)[C@@H]([C@H](C)CCCC(C)C)CC[C@@H]23)cc1. The van der Waals surface area contributed by atoms with Crippen molar-refractivity contribution in [3.63, 3.8) is 0 Å². The lowest BCUT2D eigenvalue weighted by Crippen LogP contribution is -2.60. The fraction of sp³-hybridized carbons (Fsp3) is 0.707. The van der Waals surface area contributed by atoms with E-state index in [9.17, 15) is 0 Å². The molecular formula is C41H62N2.